The number of nitrogens with two attached hydrogens (primary N) is 1. The Bertz CT molecular complexity index is 425. The van der Waals surface area contributed by atoms with Gasteiger partial charge in [-0.05, 0) is 19.3 Å². The van der Waals surface area contributed by atoms with Gasteiger partial charge < -0.3 is 26.8 Å². The zero-order valence-electron chi connectivity index (χ0n) is 13.0. The average molecular weight is 316 g/mol. The number of carboxylic acid groups (broad SMARTS) is 1. The Kier molecular flexibility index (Phi) is 8.76. The number of hydrogen-bond donors (Lipinski definition) is 5. The van der Waals surface area contributed by atoms with E-state index in [2.05, 4.69) is 16.0 Å². The van der Waals surface area contributed by atoms with Crippen LogP contribution < -0.4 is 21.7 Å². The molecule has 22 heavy (non-hydrogen) atoms. The van der Waals surface area contributed by atoms with Gasteiger partial charge in [-0.3, -0.25) is 14.4 Å². The number of amides is 3. The molecule has 0 aliphatic rings. The van der Waals surface area contributed by atoms with E-state index in [9.17, 15) is 19.2 Å². The lowest BCUT2D eigenvalue weighted by Gasteiger charge is -2.20. The summed E-state index contributed by atoms with van der Waals surface area (Å²) in [6, 6.07) is -1.93. The standard InChI is InChI=1S/C13H24N4O5/c1-7(2)4-9(13(21)22)17-12(20)8(3)16-11(19)6-15-10(18)5-14/h7-9H,4-6,14H2,1-3H3,(H,15,18)(H,16,19)(H,17,20)(H,21,22). The van der Waals surface area contributed by atoms with E-state index in [1.54, 1.807) is 0 Å². The summed E-state index contributed by atoms with van der Waals surface area (Å²) in [5.41, 5.74) is 5.07. The number of hydrogen-bond acceptors (Lipinski definition) is 5. The van der Waals surface area contributed by atoms with Gasteiger partial charge in [-0.25, -0.2) is 4.79 Å². The van der Waals surface area contributed by atoms with E-state index in [1.165, 1.54) is 6.92 Å². The number of rotatable bonds is 9. The fourth-order valence-electron chi connectivity index (χ4n) is 1.60. The van der Waals surface area contributed by atoms with Crippen LogP contribution in [0.15, 0.2) is 0 Å². The molecule has 0 aromatic rings. The first kappa shape index (κ1) is 19.8. The third-order valence-corrected chi connectivity index (χ3v) is 2.72. The lowest BCUT2D eigenvalue weighted by molar-refractivity contribution is -0.142. The Morgan fingerprint density at radius 1 is 1.05 bits per heavy atom. The van der Waals surface area contributed by atoms with Gasteiger partial charge in [-0.15, -0.1) is 0 Å². The maximum absolute atomic E-state index is 11.9. The highest BCUT2D eigenvalue weighted by Crippen LogP contribution is 2.05. The van der Waals surface area contributed by atoms with Crippen LogP contribution in [0.25, 0.3) is 0 Å². The fourth-order valence-corrected chi connectivity index (χ4v) is 1.60. The Balaban J connectivity index is 4.37. The van der Waals surface area contributed by atoms with Crippen LogP contribution in [0.1, 0.15) is 27.2 Å². The van der Waals surface area contributed by atoms with Gasteiger partial charge >= 0.3 is 5.97 Å². The van der Waals surface area contributed by atoms with Gasteiger partial charge in [0.1, 0.15) is 12.1 Å². The summed E-state index contributed by atoms with van der Waals surface area (Å²) in [7, 11) is 0. The minimum atomic E-state index is -1.13. The number of carbonyl (C=O) groups is 4. The molecular weight excluding hydrogens is 292 g/mol. The van der Waals surface area contributed by atoms with E-state index in [4.69, 9.17) is 10.8 Å². The van der Waals surface area contributed by atoms with E-state index in [0.717, 1.165) is 0 Å². The summed E-state index contributed by atoms with van der Waals surface area (Å²) in [5, 5.41) is 16.0. The molecule has 0 spiro atoms. The van der Waals surface area contributed by atoms with Crippen LogP contribution in [0.5, 0.6) is 0 Å². The Hall–Kier alpha value is -2.16. The summed E-state index contributed by atoms with van der Waals surface area (Å²) in [6.45, 7) is 4.56. The molecule has 0 saturated heterocycles. The number of carbonyl (C=O) groups excluding carboxylic acids is 3. The number of nitrogens with one attached hydrogen (secondary N) is 3. The molecule has 0 aromatic heterocycles. The van der Waals surface area contributed by atoms with Crippen LogP contribution in [0.3, 0.4) is 0 Å². The smallest absolute Gasteiger partial charge is 0.326 e. The molecule has 9 heteroatoms. The van der Waals surface area contributed by atoms with Crippen molar-refractivity contribution in [2.45, 2.75) is 39.3 Å². The molecule has 0 aliphatic heterocycles. The molecule has 0 saturated carbocycles. The molecule has 0 radical (unpaired) electrons. The number of aliphatic carboxylic acids is 1. The zero-order valence-corrected chi connectivity index (χ0v) is 13.0. The van der Waals surface area contributed by atoms with Crippen molar-refractivity contribution in [3.63, 3.8) is 0 Å². The lowest BCUT2D eigenvalue weighted by Crippen LogP contribution is -2.52. The van der Waals surface area contributed by atoms with Crippen LogP contribution >= 0.6 is 0 Å². The van der Waals surface area contributed by atoms with Gasteiger partial charge in [0.15, 0.2) is 0 Å². The fraction of sp³-hybridized carbons (Fsp3) is 0.692. The predicted octanol–water partition coefficient (Wildman–Crippen LogP) is -1.82. The van der Waals surface area contributed by atoms with Gasteiger partial charge in [0.25, 0.3) is 0 Å². The van der Waals surface area contributed by atoms with E-state index < -0.39 is 35.8 Å². The van der Waals surface area contributed by atoms with Crippen molar-refractivity contribution >= 4 is 23.7 Å². The minimum absolute atomic E-state index is 0.0952. The summed E-state index contributed by atoms with van der Waals surface area (Å²) >= 11 is 0. The van der Waals surface area contributed by atoms with Crippen LogP contribution in [0, 0.1) is 5.92 Å². The van der Waals surface area contributed by atoms with Crippen LogP contribution in [-0.2, 0) is 19.2 Å². The Morgan fingerprint density at radius 3 is 2.09 bits per heavy atom. The second-order valence-electron chi connectivity index (χ2n) is 5.30. The molecule has 0 aromatic carbocycles. The third kappa shape index (κ3) is 8.20. The van der Waals surface area contributed by atoms with E-state index in [1.807, 2.05) is 13.8 Å². The lowest BCUT2D eigenvalue weighted by atomic mass is 10.0. The maximum Gasteiger partial charge on any atom is 0.326 e. The monoisotopic (exact) mass is 316 g/mol. The van der Waals surface area contributed by atoms with Gasteiger partial charge in [-0.2, -0.15) is 0 Å². The van der Waals surface area contributed by atoms with Crippen LogP contribution in [0.4, 0.5) is 0 Å². The molecule has 2 atom stereocenters. The van der Waals surface area contributed by atoms with Gasteiger partial charge in [0.05, 0.1) is 13.1 Å². The van der Waals surface area contributed by atoms with Crippen molar-refractivity contribution in [2.24, 2.45) is 11.7 Å². The highest BCUT2D eigenvalue weighted by Gasteiger charge is 2.24. The molecule has 126 valence electrons. The Morgan fingerprint density at radius 2 is 1.64 bits per heavy atom. The van der Waals surface area contributed by atoms with Crippen molar-refractivity contribution in [2.75, 3.05) is 13.1 Å². The molecule has 9 nitrogen and oxygen atoms in total. The van der Waals surface area contributed by atoms with Gasteiger partial charge in [0.2, 0.25) is 17.7 Å². The minimum Gasteiger partial charge on any atom is -0.480 e. The molecule has 2 unspecified atom stereocenters. The van der Waals surface area contributed by atoms with Crippen molar-refractivity contribution in [3.8, 4) is 0 Å². The van der Waals surface area contributed by atoms with Crippen molar-refractivity contribution < 1.29 is 24.3 Å². The Labute approximate surface area is 129 Å². The molecule has 0 fully saturated rings. The quantitative estimate of drug-likeness (QED) is 0.338. The maximum atomic E-state index is 11.9. The second kappa shape index (κ2) is 9.72. The van der Waals surface area contributed by atoms with Crippen molar-refractivity contribution in [1.82, 2.24) is 16.0 Å². The first-order valence-corrected chi connectivity index (χ1v) is 6.96. The van der Waals surface area contributed by atoms with Crippen molar-refractivity contribution in [3.05, 3.63) is 0 Å². The SMILES string of the molecule is CC(C)CC(NC(=O)C(C)NC(=O)CNC(=O)CN)C(=O)O. The van der Waals surface area contributed by atoms with Crippen LogP contribution in [-0.4, -0.2) is 54.0 Å². The van der Waals surface area contributed by atoms with E-state index >= 15 is 0 Å². The molecular formula is C13H24N4O5. The van der Waals surface area contributed by atoms with Gasteiger partial charge in [0, 0.05) is 0 Å². The second-order valence-corrected chi connectivity index (χ2v) is 5.30. The third-order valence-electron chi connectivity index (χ3n) is 2.72. The average Bonchev–Trinajstić information content (AvgIpc) is 2.43. The summed E-state index contributed by atoms with van der Waals surface area (Å²) in [6.07, 6.45) is 0.286. The van der Waals surface area contributed by atoms with E-state index in [0.29, 0.717) is 0 Å². The molecule has 3 amide bonds. The van der Waals surface area contributed by atoms with Crippen LogP contribution in [0.2, 0.25) is 0 Å². The normalized spacial score (nSPS) is 13.1. The first-order valence-electron chi connectivity index (χ1n) is 6.96. The van der Waals surface area contributed by atoms with Gasteiger partial charge in [-0.1, -0.05) is 13.8 Å². The highest BCUT2D eigenvalue weighted by molar-refractivity contribution is 5.91. The molecule has 0 bridgehead atoms. The molecule has 6 N–H and O–H groups in total. The summed E-state index contributed by atoms with van der Waals surface area (Å²) < 4.78 is 0. The largest absolute Gasteiger partial charge is 0.480 e. The zero-order chi connectivity index (χ0) is 17.3. The summed E-state index contributed by atoms with van der Waals surface area (Å²) in [4.78, 5) is 45.3. The molecule has 0 heterocycles. The number of carboxylic acids is 1. The predicted molar refractivity (Wildman–Crippen MR) is 78.7 cm³/mol. The summed E-state index contributed by atoms with van der Waals surface area (Å²) in [5.74, 6) is -2.70. The first-order chi connectivity index (χ1) is 10.2. The van der Waals surface area contributed by atoms with E-state index in [-0.39, 0.29) is 25.4 Å². The molecule has 0 rings (SSSR count). The highest BCUT2D eigenvalue weighted by atomic mass is 16.4. The topological polar surface area (TPSA) is 151 Å². The van der Waals surface area contributed by atoms with Crippen molar-refractivity contribution in [1.29, 1.82) is 0 Å². The molecule has 0 aliphatic carbocycles.